The Morgan fingerprint density at radius 3 is 2.90 bits per heavy atom. The average Bonchev–Trinajstić information content (AvgIpc) is 2.51. The fourth-order valence-corrected chi connectivity index (χ4v) is 3.77. The van der Waals surface area contributed by atoms with Crippen LogP contribution in [0.15, 0.2) is 0 Å². The molecule has 0 unspecified atom stereocenters. The number of unbranched alkanes of at least 4 members (excludes halogenated alkanes) is 1. The molecule has 4 heteroatoms. The van der Waals surface area contributed by atoms with Crippen LogP contribution >= 0.6 is 0 Å². The third-order valence-electron chi connectivity index (χ3n) is 4.91. The minimum absolute atomic E-state index is 0.127. The number of nitrogens with one attached hydrogen (secondary N) is 1. The molecule has 4 atom stereocenters. The molecule has 0 aromatic carbocycles. The molecule has 1 saturated carbocycles. The van der Waals surface area contributed by atoms with Crippen molar-refractivity contribution in [3.8, 4) is 0 Å². The summed E-state index contributed by atoms with van der Waals surface area (Å²) in [7, 11) is 1.64. The van der Waals surface area contributed by atoms with Crippen LogP contribution in [0, 0.1) is 5.92 Å². The zero-order chi connectivity index (χ0) is 15.1. The molecule has 4 nitrogen and oxygen atoms in total. The first-order valence-corrected chi connectivity index (χ1v) is 8.68. The number of ether oxygens (including phenoxy) is 2. The summed E-state index contributed by atoms with van der Waals surface area (Å²) in [6, 6.07) is 0.301. The lowest BCUT2D eigenvalue weighted by atomic mass is 9.77. The van der Waals surface area contributed by atoms with Crippen LogP contribution in [0.2, 0.25) is 0 Å². The van der Waals surface area contributed by atoms with E-state index in [2.05, 4.69) is 12.2 Å². The normalized spacial score (nSPS) is 32.5. The standard InChI is InChI=1S/C17H31NO3/c1-3-4-7-13-12-15(18-17(19)10-11-20-2)14-8-5-6-9-16(14)21-13/h13-16H,3-12H2,1-2H3,(H,18,19)/t13-,14-,15+,16+/m0/s1. The average molecular weight is 297 g/mol. The van der Waals surface area contributed by atoms with Gasteiger partial charge in [0.2, 0.25) is 5.91 Å². The highest BCUT2D eigenvalue weighted by Crippen LogP contribution is 2.37. The van der Waals surface area contributed by atoms with Gasteiger partial charge in [0.1, 0.15) is 0 Å². The number of rotatable bonds is 7. The second kappa shape index (κ2) is 8.74. The minimum atomic E-state index is 0.127. The maximum Gasteiger partial charge on any atom is 0.222 e. The van der Waals surface area contributed by atoms with E-state index in [-0.39, 0.29) is 5.91 Å². The van der Waals surface area contributed by atoms with Gasteiger partial charge in [-0.05, 0) is 25.7 Å². The number of fused-ring (bicyclic) bond motifs is 1. The zero-order valence-electron chi connectivity index (χ0n) is 13.6. The van der Waals surface area contributed by atoms with Gasteiger partial charge in [0.15, 0.2) is 0 Å². The van der Waals surface area contributed by atoms with Gasteiger partial charge < -0.3 is 14.8 Å². The molecule has 0 spiro atoms. The molecule has 122 valence electrons. The highest BCUT2D eigenvalue weighted by molar-refractivity contribution is 5.76. The number of amides is 1. The predicted molar refractivity (Wildman–Crippen MR) is 83.2 cm³/mol. The van der Waals surface area contributed by atoms with Crippen molar-refractivity contribution < 1.29 is 14.3 Å². The Morgan fingerprint density at radius 2 is 2.14 bits per heavy atom. The number of methoxy groups -OCH3 is 1. The fraction of sp³-hybridized carbons (Fsp3) is 0.941. The van der Waals surface area contributed by atoms with E-state index in [1.807, 2.05) is 0 Å². The third kappa shape index (κ3) is 4.96. The van der Waals surface area contributed by atoms with E-state index >= 15 is 0 Å². The minimum Gasteiger partial charge on any atom is -0.384 e. The lowest BCUT2D eigenvalue weighted by Crippen LogP contribution is -2.53. The second-order valence-electron chi connectivity index (χ2n) is 6.54. The second-order valence-corrected chi connectivity index (χ2v) is 6.54. The Balaban J connectivity index is 1.92. The van der Waals surface area contributed by atoms with Crippen molar-refractivity contribution in [2.45, 2.75) is 83.0 Å². The van der Waals surface area contributed by atoms with Gasteiger partial charge in [0.05, 0.1) is 18.8 Å². The number of hydrogen-bond acceptors (Lipinski definition) is 3. The summed E-state index contributed by atoms with van der Waals surface area (Å²) >= 11 is 0. The van der Waals surface area contributed by atoms with E-state index < -0.39 is 0 Å². The molecule has 0 aromatic heterocycles. The van der Waals surface area contributed by atoms with Gasteiger partial charge in [-0.25, -0.2) is 0 Å². The van der Waals surface area contributed by atoms with E-state index in [1.54, 1.807) is 7.11 Å². The molecule has 1 heterocycles. The Kier molecular flexibility index (Phi) is 6.97. The first kappa shape index (κ1) is 16.8. The van der Waals surface area contributed by atoms with Gasteiger partial charge in [-0.2, -0.15) is 0 Å². The van der Waals surface area contributed by atoms with Gasteiger partial charge in [0, 0.05) is 25.5 Å². The Hall–Kier alpha value is -0.610. The Morgan fingerprint density at radius 1 is 1.33 bits per heavy atom. The third-order valence-corrected chi connectivity index (χ3v) is 4.91. The molecule has 1 N–H and O–H groups in total. The number of carbonyl (C=O) groups excluding carboxylic acids is 1. The van der Waals surface area contributed by atoms with E-state index in [4.69, 9.17) is 9.47 Å². The summed E-state index contributed by atoms with van der Waals surface area (Å²) in [4.78, 5) is 12.0. The van der Waals surface area contributed by atoms with Crippen molar-refractivity contribution in [3.05, 3.63) is 0 Å². The summed E-state index contributed by atoms with van der Waals surface area (Å²) in [6.07, 6.45) is 10.6. The monoisotopic (exact) mass is 297 g/mol. The molecule has 1 saturated heterocycles. The smallest absolute Gasteiger partial charge is 0.222 e. The molecule has 2 aliphatic rings. The maximum atomic E-state index is 12.0. The molecule has 1 amide bonds. The van der Waals surface area contributed by atoms with E-state index in [0.717, 1.165) is 19.3 Å². The lowest BCUT2D eigenvalue weighted by molar-refractivity contribution is -0.133. The number of hydrogen-bond donors (Lipinski definition) is 1. The molecule has 2 fully saturated rings. The summed E-state index contributed by atoms with van der Waals surface area (Å²) in [5, 5.41) is 3.26. The van der Waals surface area contributed by atoms with Crippen LogP contribution in [0.1, 0.15) is 64.7 Å². The molecule has 0 radical (unpaired) electrons. The molecular weight excluding hydrogens is 266 g/mol. The Bertz CT molecular complexity index is 321. The van der Waals surface area contributed by atoms with Crippen molar-refractivity contribution >= 4 is 5.91 Å². The van der Waals surface area contributed by atoms with Gasteiger partial charge in [-0.3, -0.25) is 4.79 Å². The summed E-state index contributed by atoms with van der Waals surface area (Å²) in [5.74, 6) is 0.644. The van der Waals surface area contributed by atoms with Crippen LogP contribution < -0.4 is 5.32 Å². The van der Waals surface area contributed by atoms with E-state index in [9.17, 15) is 4.79 Å². The molecular formula is C17H31NO3. The van der Waals surface area contributed by atoms with E-state index in [0.29, 0.717) is 37.2 Å². The quantitative estimate of drug-likeness (QED) is 0.785. The molecule has 0 bridgehead atoms. The van der Waals surface area contributed by atoms with Gasteiger partial charge in [-0.15, -0.1) is 0 Å². The van der Waals surface area contributed by atoms with Crippen LogP contribution in [0.5, 0.6) is 0 Å². The highest BCUT2D eigenvalue weighted by atomic mass is 16.5. The van der Waals surface area contributed by atoms with Crippen molar-refractivity contribution in [1.29, 1.82) is 0 Å². The first-order valence-electron chi connectivity index (χ1n) is 8.68. The summed E-state index contributed by atoms with van der Waals surface area (Å²) in [5.41, 5.74) is 0. The lowest BCUT2D eigenvalue weighted by Gasteiger charge is -2.45. The summed E-state index contributed by atoms with van der Waals surface area (Å²) in [6.45, 7) is 2.72. The topological polar surface area (TPSA) is 47.6 Å². The molecule has 21 heavy (non-hydrogen) atoms. The summed E-state index contributed by atoms with van der Waals surface area (Å²) < 4.78 is 11.3. The molecule has 2 rings (SSSR count). The predicted octanol–water partition coefficient (Wildman–Crippen LogP) is 3.05. The molecule has 0 aromatic rings. The zero-order valence-corrected chi connectivity index (χ0v) is 13.6. The van der Waals surface area contributed by atoms with Crippen LogP contribution in [-0.2, 0) is 14.3 Å². The van der Waals surface area contributed by atoms with Gasteiger partial charge in [-0.1, -0.05) is 32.6 Å². The maximum absolute atomic E-state index is 12.0. The Labute approximate surface area is 129 Å². The van der Waals surface area contributed by atoms with Crippen molar-refractivity contribution in [2.75, 3.05) is 13.7 Å². The SMILES string of the molecule is CCCC[C@H]1C[C@@H](NC(=O)CCOC)[C@@H]2CCCC[C@H]2O1. The van der Waals surface area contributed by atoms with Crippen molar-refractivity contribution in [1.82, 2.24) is 5.32 Å². The largest absolute Gasteiger partial charge is 0.384 e. The van der Waals surface area contributed by atoms with E-state index in [1.165, 1.54) is 32.1 Å². The van der Waals surface area contributed by atoms with Crippen LogP contribution in [0.4, 0.5) is 0 Å². The van der Waals surface area contributed by atoms with Crippen molar-refractivity contribution in [3.63, 3.8) is 0 Å². The van der Waals surface area contributed by atoms with Gasteiger partial charge >= 0.3 is 0 Å². The van der Waals surface area contributed by atoms with Crippen LogP contribution in [0.3, 0.4) is 0 Å². The van der Waals surface area contributed by atoms with Gasteiger partial charge in [0.25, 0.3) is 0 Å². The first-order chi connectivity index (χ1) is 10.2. The van der Waals surface area contributed by atoms with Crippen LogP contribution in [0.25, 0.3) is 0 Å². The highest BCUT2D eigenvalue weighted by Gasteiger charge is 2.40. The fourth-order valence-electron chi connectivity index (χ4n) is 3.77. The number of carbonyl (C=O) groups is 1. The van der Waals surface area contributed by atoms with Crippen LogP contribution in [-0.4, -0.2) is 37.9 Å². The van der Waals surface area contributed by atoms with Crippen molar-refractivity contribution in [2.24, 2.45) is 5.92 Å². The molecule has 1 aliphatic heterocycles. The molecule has 1 aliphatic carbocycles.